The van der Waals surface area contributed by atoms with Gasteiger partial charge in [-0.05, 0) is 12.1 Å². The molecular formula is C9H8ClFO. The van der Waals surface area contributed by atoms with Crippen LogP contribution < -0.4 is 0 Å². The van der Waals surface area contributed by atoms with E-state index in [2.05, 4.69) is 6.58 Å². The van der Waals surface area contributed by atoms with Crippen molar-refractivity contribution in [3.8, 4) is 0 Å². The van der Waals surface area contributed by atoms with E-state index < -0.39 is 11.9 Å². The lowest BCUT2D eigenvalue weighted by Gasteiger charge is -2.06. The first-order valence-corrected chi connectivity index (χ1v) is 3.78. The summed E-state index contributed by atoms with van der Waals surface area (Å²) in [4.78, 5) is 0. The molecule has 1 unspecified atom stereocenters. The van der Waals surface area contributed by atoms with Crippen LogP contribution in [-0.4, -0.2) is 5.11 Å². The van der Waals surface area contributed by atoms with Crippen LogP contribution in [0.25, 0.3) is 0 Å². The van der Waals surface area contributed by atoms with Gasteiger partial charge in [-0.2, -0.15) is 0 Å². The van der Waals surface area contributed by atoms with Gasteiger partial charge >= 0.3 is 0 Å². The summed E-state index contributed by atoms with van der Waals surface area (Å²) in [7, 11) is 0. The SMILES string of the molecule is C=CC(O)c1ccc(Cl)cc1F. The number of rotatable bonds is 2. The maximum Gasteiger partial charge on any atom is 0.130 e. The Bertz CT molecular complexity index is 299. The average Bonchev–Trinajstić information content (AvgIpc) is 2.03. The lowest BCUT2D eigenvalue weighted by Crippen LogP contribution is -1.96. The van der Waals surface area contributed by atoms with Crippen molar-refractivity contribution < 1.29 is 9.50 Å². The molecule has 3 heteroatoms. The quantitative estimate of drug-likeness (QED) is 0.705. The molecule has 0 aromatic heterocycles. The molecule has 12 heavy (non-hydrogen) atoms. The fourth-order valence-electron chi connectivity index (χ4n) is 0.868. The molecule has 0 fully saturated rings. The Morgan fingerprint density at radius 1 is 1.58 bits per heavy atom. The zero-order valence-electron chi connectivity index (χ0n) is 6.30. The molecule has 0 aliphatic carbocycles. The van der Waals surface area contributed by atoms with Gasteiger partial charge in [0.2, 0.25) is 0 Å². The van der Waals surface area contributed by atoms with Crippen molar-refractivity contribution in [1.82, 2.24) is 0 Å². The van der Waals surface area contributed by atoms with Crippen LogP contribution in [0.5, 0.6) is 0 Å². The summed E-state index contributed by atoms with van der Waals surface area (Å²) in [6.45, 7) is 3.35. The monoisotopic (exact) mass is 186 g/mol. The zero-order valence-corrected chi connectivity index (χ0v) is 7.05. The number of aliphatic hydroxyl groups is 1. The van der Waals surface area contributed by atoms with Crippen molar-refractivity contribution >= 4 is 11.6 Å². The van der Waals surface area contributed by atoms with Gasteiger partial charge in [-0.15, -0.1) is 6.58 Å². The predicted molar refractivity (Wildman–Crippen MR) is 46.6 cm³/mol. The summed E-state index contributed by atoms with van der Waals surface area (Å²) >= 11 is 5.52. The van der Waals surface area contributed by atoms with Crippen LogP contribution in [0.2, 0.25) is 5.02 Å². The molecule has 0 heterocycles. The third-order valence-corrected chi connectivity index (χ3v) is 1.74. The highest BCUT2D eigenvalue weighted by Crippen LogP contribution is 2.20. The molecule has 0 amide bonds. The van der Waals surface area contributed by atoms with E-state index in [1.165, 1.54) is 18.2 Å². The van der Waals surface area contributed by atoms with Gasteiger partial charge in [-0.25, -0.2) is 4.39 Å². The van der Waals surface area contributed by atoms with E-state index in [0.717, 1.165) is 6.07 Å². The molecule has 0 aliphatic heterocycles. The predicted octanol–water partition coefficient (Wildman–Crippen LogP) is 2.70. The van der Waals surface area contributed by atoms with Gasteiger partial charge in [0.15, 0.2) is 0 Å². The number of halogens is 2. The molecule has 1 aromatic carbocycles. The molecule has 0 bridgehead atoms. The third kappa shape index (κ3) is 1.84. The molecule has 1 nitrogen and oxygen atoms in total. The number of hydrogen-bond acceptors (Lipinski definition) is 1. The Hall–Kier alpha value is -0.860. The van der Waals surface area contributed by atoms with Crippen molar-refractivity contribution in [3.63, 3.8) is 0 Å². The largest absolute Gasteiger partial charge is 0.384 e. The van der Waals surface area contributed by atoms with Gasteiger partial charge in [0.25, 0.3) is 0 Å². The van der Waals surface area contributed by atoms with Crippen LogP contribution in [0.3, 0.4) is 0 Å². The van der Waals surface area contributed by atoms with Gasteiger partial charge in [0.1, 0.15) is 5.82 Å². The second kappa shape index (κ2) is 3.70. The molecule has 1 atom stereocenters. The maximum atomic E-state index is 13.0. The van der Waals surface area contributed by atoms with Crippen molar-refractivity contribution in [3.05, 3.63) is 47.3 Å². The third-order valence-electron chi connectivity index (χ3n) is 1.50. The highest BCUT2D eigenvalue weighted by Gasteiger charge is 2.08. The van der Waals surface area contributed by atoms with Crippen molar-refractivity contribution in [1.29, 1.82) is 0 Å². The summed E-state index contributed by atoms with van der Waals surface area (Å²) < 4.78 is 13.0. The van der Waals surface area contributed by atoms with E-state index in [0.29, 0.717) is 5.02 Å². The first-order valence-electron chi connectivity index (χ1n) is 3.40. The highest BCUT2D eigenvalue weighted by atomic mass is 35.5. The van der Waals surface area contributed by atoms with E-state index >= 15 is 0 Å². The van der Waals surface area contributed by atoms with Gasteiger partial charge in [0.05, 0.1) is 6.10 Å². The van der Waals surface area contributed by atoms with E-state index in [4.69, 9.17) is 11.6 Å². The van der Waals surface area contributed by atoms with Crippen LogP contribution in [0.1, 0.15) is 11.7 Å². The van der Waals surface area contributed by atoms with Crippen molar-refractivity contribution in [2.75, 3.05) is 0 Å². The number of hydrogen-bond donors (Lipinski definition) is 1. The Morgan fingerprint density at radius 2 is 2.25 bits per heavy atom. The van der Waals surface area contributed by atoms with Gasteiger partial charge in [-0.1, -0.05) is 23.7 Å². The average molecular weight is 187 g/mol. The number of aliphatic hydroxyl groups excluding tert-OH is 1. The van der Waals surface area contributed by atoms with Gasteiger partial charge in [-0.3, -0.25) is 0 Å². The summed E-state index contributed by atoms with van der Waals surface area (Å²) in [6.07, 6.45) is 0.286. The Labute approximate surface area is 75.1 Å². The first kappa shape index (κ1) is 9.23. The topological polar surface area (TPSA) is 20.2 Å². The fourth-order valence-corrected chi connectivity index (χ4v) is 1.03. The van der Waals surface area contributed by atoms with E-state index in [1.54, 1.807) is 0 Å². The Kier molecular flexibility index (Phi) is 2.84. The second-order valence-corrected chi connectivity index (χ2v) is 2.78. The van der Waals surface area contributed by atoms with Crippen molar-refractivity contribution in [2.45, 2.75) is 6.10 Å². The van der Waals surface area contributed by atoms with Crippen LogP contribution in [0.15, 0.2) is 30.9 Å². The molecule has 1 N–H and O–H groups in total. The summed E-state index contributed by atoms with van der Waals surface area (Å²) in [5.41, 5.74) is 0.189. The minimum absolute atomic E-state index is 0.189. The first-order chi connectivity index (χ1) is 5.65. The molecule has 0 saturated carbocycles. The van der Waals surface area contributed by atoms with Gasteiger partial charge in [0, 0.05) is 10.6 Å². The zero-order chi connectivity index (χ0) is 9.14. The summed E-state index contributed by atoms with van der Waals surface area (Å²) in [5.74, 6) is -0.519. The van der Waals surface area contributed by atoms with Crippen LogP contribution >= 0.6 is 11.6 Å². The van der Waals surface area contributed by atoms with Gasteiger partial charge < -0.3 is 5.11 Å². The molecule has 1 aromatic rings. The molecule has 0 radical (unpaired) electrons. The minimum Gasteiger partial charge on any atom is -0.384 e. The molecule has 0 aliphatic rings. The molecule has 64 valence electrons. The normalized spacial score (nSPS) is 12.6. The van der Waals surface area contributed by atoms with Crippen LogP contribution in [0.4, 0.5) is 4.39 Å². The minimum atomic E-state index is -0.970. The lowest BCUT2D eigenvalue weighted by molar-refractivity contribution is 0.223. The standard InChI is InChI=1S/C9H8ClFO/c1-2-9(12)7-4-3-6(10)5-8(7)11/h2-5,9,12H,1H2. The van der Waals surface area contributed by atoms with E-state index in [1.807, 2.05) is 0 Å². The maximum absolute atomic E-state index is 13.0. The highest BCUT2D eigenvalue weighted by molar-refractivity contribution is 6.30. The molecular weight excluding hydrogens is 179 g/mol. The Morgan fingerprint density at radius 3 is 2.75 bits per heavy atom. The molecule has 1 rings (SSSR count). The van der Waals surface area contributed by atoms with Crippen LogP contribution in [-0.2, 0) is 0 Å². The number of benzene rings is 1. The smallest absolute Gasteiger partial charge is 0.130 e. The van der Waals surface area contributed by atoms with Crippen LogP contribution in [0, 0.1) is 5.82 Å². The van der Waals surface area contributed by atoms with Crippen molar-refractivity contribution in [2.24, 2.45) is 0 Å². The Balaban J connectivity index is 3.09. The lowest BCUT2D eigenvalue weighted by atomic mass is 10.1. The van der Waals surface area contributed by atoms with E-state index in [9.17, 15) is 9.50 Å². The molecule has 0 saturated heterocycles. The summed E-state index contributed by atoms with van der Waals surface area (Å²) in [5, 5.41) is 9.51. The molecule has 0 spiro atoms. The summed E-state index contributed by atoms with van der Waals surface area (Å²) in [6, 6.07) is 4.11. The fraction of sp³-hybridized carbons (Fsp3) is 0.111. The second-order valence-electron chi connectivity index (χ2n) is 2.35. The van der Waals surface area contributed by atoms with E-state index in [-0.39, 0.29) is 5.56 Å².